The zero-order valence-electron chi connectivity index (χ0n) is 22.5. The van der Waals surface area contributed by atoms with Gasteiger partial charge in [-0.2, -0.15) is 0 Å². The first-order valence-corrected chi connectivity index (χ1v) is 14.7. The van der Waals surface area contributed by atoms with Crippen LogP contribution in [0.2, 0.25) is 0 Å². The molecule has 37 heavy (non-hydrogen) atoms. The van der Waals surface area contributed by atoms with E-state index < -0.39 is 0 Å². The van der Waals surface area contributed by atoms with Crippen LogP contribution in [0.4, 0.5) is 0 Å². The molecular formula is C32H44N4O. The van der Waals surface area contributed by atoms with Gasteiger partial charge in [0.05, 0.1) is 6.54 Å². The molecule has 0 radical (unpaired) electrons. The van der Waals surface area contributed by atoms with Crippen LogP contribution in [-0.4, -0.2) is 85.0 Å². The van der Waals surface area contributed by atoms with Crippen molar-refractivity contribution in [1.29, 1.82) is 0 Å². The monoisotopic (exact) mass is 500 g/mol. The third kappa shape index (κ3) is 5.23. The third-order valence-corrected chi connectivity index (χ3v) is 9.99. The molecule has 7 rings (SSSR count). The lowest BCUT2D eigenvalue weighted by Crippen LogP contribution is -2.66. The number of carbonyl (C=O) groups excluding carboxylic acids is 1. The SMILES string of the molecule is CN1CCN(CC(=O)NC2CC3(N4CCCCC4)CC(c4ccccc4)C2C(c2ccccc2)C3)CC1. The second kappa shape index (κ2) is 10.9. The number of amides is 1. The van der Waals surface area contributed by atoms with Gasteiger partial charge in [0.2, 0.25) is 5.91 Å². The average Bonchev–Trinajstić information content (AvgIpc) is 2.95. The van der Waals surface area contributed by atoms with Gasteiger partial charge in [0.15, 0.2) is 0 Å². The molecule has 2 aromatic rings. The van der Waals surface area contributed by atoms with Crippen molar-refractivity contribution in [3.05, 3.63) is 71.8 Å². The van der Waals surface area contributed by atoms with E-state index in [0.29, 0.717) is 24.3 Å². The van der Waals surface area contributed by atoms with E-state index in [-0.39, 0.29) is 17.5 Å². The number of carbonyl (C=O) groups is 1. The first kappa shape index (κ1) is 25.1. The van der Waals surface area contributed by atoms with Crippen LogP contribution in [0.1, 0.15) is 61.5 Å². The van der Waals surface area contributed by atoms with Gasteiger partial charge in [-0.3, -0.25) is 14.6 Å². The van der Waals surface area contributed by atoms with Crippen molar-refractivity contribution in [3.8, 4) is 0 Å². The second-order valence-electron chi connectivity index (χ2n) is 12.2. The number of likely N-dealkylation sites (N-methyl/N-ethyl adjacent to an activating group) is 1. The topological polar surface area (TPSA) is 38.8 Å². The summed E-state index contributed by atoms with van der Waals surface area (Å²) in [6, 6.07) is 22.6. The molecule has 3 aliphatic carbocycles. The minimum atomic E-state index is 0.155. The lowest BCUT2D eigenvalue weighted by Gasteiger charge is -2.62. The summed E-state index contributed by atoms with van der Waals surface area (Å²) in [6.07, 6.45) is 7.49. The van der Waals surface area contributed by atoms with Gasteiger partial charge in [-0.1, -0.05) is 67.1 Å². The quantitative estimate of drug-likeness (QED) is 0.641. The Labute approximate surface area is 223 Å². The van der Waals surface area contributed by atoms with Gasteiger partial charge < -0.3 is 10.2 Å². The highest BCUT2D eigenvalue weighted by Crippen LogP contribution is 2.60. The molecular weight excluding hydrogens is 456 g/mol. The van der Waals surface area contributed by atoms with Crippen molar-refractivity contribution in [3.63, 3.8) is 0 Å². The number of hydrogen-bond donors (Lipinski definition) is 1. The minimum Gasteiger partial charge on any atom is -0.352 e. The van der Waals surface area contributed by atoms with Crippen LogP contribution in [-0.2, 0) is 4.79 Å². The van der Waals surface area contributed by atoms with Crippen LogP contribution in [0.25, 0.3) is 0 Å². The van der Waals surface area contributed by atoms with Crippen molar-refractivity contribution in [2.24, 2.45) is 5.92 Å². The van der Waals surface area contributed by atoms with Crippen molar-refractivity contribution in [2.75, 3.05) is 52.9 Å². The Morgan fingerprint density at radius 3 is 1.92 bits per heavy atom. The highest BCUT2D eigenvalue weighted by atomic mass is 16.2. The first-order valence-electron chi connectivity index (χ1n) is 14.7. The van der Waals surface area contributed by atoms with Crippen LogP contribution < -0.4 is 5.32 Å². The van der Waals surface area contributed by atoms with E-state index in [4.69, 9.17) is 0 Å². The smallest absolute Gasteiger partial charge is 0.234 e. The summed E-state index contributed by atoms with van der Waals surface area (Å²) in [5.41, 5.74) is 3.06. The maximum Gasteiger partial charge on any atom is 0.234 e. The van der Waals surface area contributed by atoms with Gasteiger partial charge in [-0.15, -0.1) is 0 Å². The van der Waals surface area contributed by atoms with Gasteiger partial charge in [-0.25, -0.2) is 0 Å². The molecule has 3 atom stereocenters. The molecule has 5 fully saturated rings. The number of fused-ring (bicyclic) bond motifs is 3. The maximum atomic E-state index is 13.5. The standard InChI is InChI=1S/C32H44N4O/c1-34-17-19-35(20-18-34)24-30(37)33-29-23-32(36-15-9-4-10-16-36)21-27(25-11-5-2-6-12-25)31(29)28(22-32)26-13-7-3-8-14-26/h2-3,5-8,11-14,27-29,31H,4,9-10,15-24H2,1H3,(H,33,37). The van der Waals surface area contributed by atoms with E-state index in [2.05, 4.69) is 87.7 Å². The molecule has 0 spiro atoms. The molecule has 1 N–H and O–H groups in total. The van der Waals surface area contributed by atoms with Gasteiger partial charge in [0.25, 0.3) is 0 Å². The zero-order chi connectivity index (χ0) is 25.2. The molecule has 3 unspecified atom stereocenters. The van der Waals surface area contributed by atoms with E-state index >= 15 is 0 Å². The van der Waals surface area contributed by atoms with E-state index in [9.17, 15) is 4.79 Å². The molecule has 1 amide bonds. The summed E-state index contributed by atoms with van der Waals surface area (Å²) in [5.74, 6) is 1.57. The Morgan fingerprint density at radius 1 is 0.784 bits per heavy atom. The molecule has 5 aliphatic rings. The molecule has 198 valence electrons. The molecule has 0 aromatic heterocycles. The average molecular weight is 501 g/mol. The van der Waals surface area contributed by atoms with E-state index in [1.54, 1.807) is 0 Å². The van der Waals surface area contributed by atoms with Crippen LogP contribution in [0, 0.1) is 5.92 Å². The van der Waals surface area contributed by atoms with Crippen molar-refractivity contribution in [1.82, 2.24) is 20.0 Å². The molecule has 2 saturated heterocycles. The number of nitrogens with zero attached hydrogens (tertiary/aromatic N) is 3. The molecule has 2 aliphatic heterocycles. The predicted octanol–water partition coefficient (Wildman–Crippen LogP) is 4.32. The number of piperidine rings is 1. The Balaban J connectivity index is 1.33. The first-order chi connectivity index (χ1) is 18.1. The minimum absolute atomic E-state index is 0.155. The van der Waals surface area contributed by atoms with Crippen LogP contribution in [0.3, 0.4) is 0 Å². The summed E-state index contributed by atoms with van der Waals surface area (Å²) in [5, 5.41) is 3.65. The Bertz CT molecular complexity index is 980. The van der Waals surface area contributed by atoms with Gasteiger partial charge in [0.1, 0.15) is 0 Å². The highest BCUT2D eigenvalue weighted by Gasteiger charge is 2.58. The van der Waals surface area contributed by atoms with E-state index in [1.165, 1.54) is 56.3 Å². The summed E-state index contributed by atoms with van der Waals surface area (Å²) < 4.78 is 0. The van der Waals surface area contributed by atoms with Gasteiger partial charge in [0, 0.05) is 37.8 Å². The van der Waals surface area contributed by atoms with Crippen molar-refractivity contribution in [2.45, 2.75) is 61.9 Å². The lowest BCUT2D eigenvalue weighted by molar-refractivity contribution is -0.127. The largest absolute Gasteiger partial charge is 0.352 e. The van der Waals surface area contributed by atoms with E-state index in [1.807, 2.05) is 0 Å². The molecule has 2 heterocycles. The lowest BCUT2D eigenvalue weighted by atomic mass is 9.51. The predicted molar refractivity (Wildman–Crippen MR) is 150 cm³/mol. The number of nitrogens with one attached hydrogen (secondary N) is 1. The van der Waals surface area contributed by atoms with Crippen molar-refractivity contribution >= 4 is 5.91 Å². The van der Waals surface area contributed by atoms with Crippen LogP contribution in [0.5, 0.6) is 0 Å². The van der Waals surface area contributed by atoms with Gasteiger partial charge >= 0.3 is 0 Å². The fraction of sp³-hybridized carbons (Fsp3) is 0.594. The fourth-order valence-electron chi connectivity index (χ4n) is 8.17. The molecule has 5 nitrogen and oxygen atoms in total. The number of likely N-dealkylation sites (tertiary alicyclic amines) is 1. The number of piperazine rings is 1. The zero-order valence-corrected chi connectivity index (χ0v) is 22.5. The summed E-state index contributed by atoms with van der Waals surface area (Å²) in [6.45, 7) is 6.99. The third-order valence-electron chi connectivity index (χ3n) is 9.99. The maximum absolute atomic E-state index is 13.5. The molecule has 3 saturated carbocycles. The fourth-order valence-corrected chi connectivity index (χ4v) is 8.17. The second-order valence-corrected chi connectivity index (χ2v) is 12.2. The number of benzene rings is 2. The Hall–Kier alpha value is -2.21. The Morgan fingerprint density at radius 2 is 1.35 bits per heavy atom. The molecule has 2 bridgehead atoms. The summed E-state index contributed by atoms with van der Waals surface area (Å²) in [4.78, 5) is 21.1. The van der Waals surface area contributed by atoms with Gasteiger partial charge in [-0.05, 0) is 81.1 Å². The van der Waals surface area contributed by atoms with Crippen LogP contribution >= 0.6 is 0 Å². The van der Waals surface area contributed by atoms with Crippen LogP contribution in [0.15, 0.2) is 60.7 Å². The summed E-state index contributed by atoms with van der Waals surface area (Å²) >= 11 is 0. The Kier molecular flexibility index (Phi) is 7.38. The number of rotatable bonds is 6. The van der Waals surface area contributed by atoms with Crippen molar-refractivity contribution < 1.29 is 4.79 Å². The highest BCUT2D eigenvalue weighted by molar-refractivity contribution is 5.78. The normalized spacial score (nSPS) is 33.3. The van der Waals surface area contributed by atoms with E-state index in [0.717, 1.165) is 32.6 Å². The molecule has 2 aromatic carbocycles. The summed E-state index contributed by atoms with van der Waals surface area (Å²) in [7, 11) is 2.17. The number of hydrogen-bond acceptors (Lipinski definition) is 4. The molecule has 5 heteroatoms.